The molecule has 0 fully saturated rings. The molecule has 0 saturated heterocycles. The van der Waals surface area contributed by atoms with Gasteiger partial charge < -0.3 is 14.9 Å². The number of oxazole rings is 1. The van der Waals surface area contributed by atoms with E-state index in [1.807, 2.05) is 18.2 Å². The van der Waals surface area contributed by atoms with Crippen molar-refractivity contribution < 1.29 is 9.15 Å². The molecule has 1 aromatic carbocycles. The number of methoxy groups -OCH3 is 1. The van der Waals surface area contributed by atoms with Crippen molar-refractivity contribution in [3.63, 3.8) is 0 Å². The summed E-state index contributed by atoms with van der Waals surface area (Å²) in [6.07, 6.45) is 1.77. The van der Waals surface area contributed by atoms with Gasteiger partial charge in [0.1, 0.15) is 12.3 Å². The van der Waals surface area contributed by atoms with Crippen molar-refractivity contribution >= 4 is 11.1 Å². The van der Waals surface area contributed by atoms with Crippen molar-refractivity contribution in [2.45, 2.75) is 13.1 Å². The van der Waals surface area contributed by atoms with Crippen LogP contribution < -0.4 is 10.5 Å². The van der Waals surface area contributed by atoms with Gasteiger partial charge in [-0.05, 0) is 12.1 Å². The number of nitrogens with two attached hydrogens (primary N) is 1. The molecule has 3 aromatic rings. The first-order chi connectivity index (χ1) is 9.30. The second kappa shape index (κ2) is 4.69. The Morgan fingerprint density at radius 2 is 2.32 bits per heavy atom. The molecule has 7 heteroatoms. The molecule has 0 saturated carbocycles. The first-order valence-electron chi connectivity index (χ1n) is 5.81. The predicted octanol–water partition coefficient (Wildman–Crippen LogP) is 0.935. The monoisotopic (exact) mass is 259 g/mol. The lowest BCUT2D eigenvalue weighted by atomic mass is 10.3. The SMILES string of the molecule is COc1cccc2oc(Cn3cc(CN)nn3)nc12. The van der Waals surface area contributed by atoms with Crippen molar-refractivity contribution in [1.29, 1.82) is 0 Å². The summed E-state index contributed by atoms with van der Waals surface area (Å²) < 4.78 is 12.5. The van der Waals surface area contributed by atoms with Crippen LogP contribution in [0.4, 0.5) is 0 Å². The minimum atomic E-state index is 0.362. The second-order valence-electron chi connectivity index (χ2n) is 4.03. The number of fused-ring (bicyclic) bond motifs is 1. The van der Waals surface area contributed by atoms with E-state index in [0.29, 0.717) is 35.8 Å². The summed E-state index contributed by atoms with van der Waals surface area (Å²) in [4.78, 5) is 4.40. The summed E-state index contributed by atoms with van der Waals surface area (Å²) in [5.41, 5.74) is 7.61. The fourth-order valence-corrected chi connectivity index (χ4v) is 1.85. The molecule has 0 bridgehead atoms. The molecule has 0 aliphatic rings. The van der Waals surface area contributed by atoms with Gasteiger partial charge in [-0.25, -0.2) is 9.67 Å². The van der Waals surface area contributed by atoms with Gasteiger partial charge in [-0.1, -0.05) is 11.3 Å². The molecule has 19 heavy (non-hydrogen) atoms. The number of nitrogens with zero attached hydrogens (tertiary/aromatic N) is 4. The number of benzene rings is 1. The quantitative estimate of drug-likeness (QED) is 0.749. The van der Waals surface area contributed by atoms with E-state index in [2.05, 4.69) is 15.3 Å². The Morgan fingerprint density at radius 3 is 3.05 bits per heavy atom. The van der Waals surface area contributed by atoms with Crippen LogP contribution in [0.2, 0.25) is 0 Å². The zero-order valence-corrected chi connectivity index (χ0v) is 10.4. The highest BCUT2D eigenvalue weighted by Gasteiger charge is 2.11. The van der Waals surface area contributed by atoms with Crippen LogP contribution in [-0.2, 0) is 13.1 Å². The Hall–Kier alpha value is -2.41. The maximum Gasteiger partial charge on any atom is 0.217 e. The minimum Gasteiger partial charge on any atom is -0.494 e. The van der Waals surface area contributed by atoms with Gasteiger partial charge in [0.15, 0.2) is 11.1 Å². The van der Waals surface area contributed by atoms with Gasteiger partial charge in [-0.3, -0.25) is 0 Å². The van der Waals surface area contributed by atoms with Crippen LogP contribution in [0.5, 0.6) is 5.75 Å². The van der Waals surface area contributed by atoms with Crippen LogP contribution in [0.3, 0.4) is 0 Å². The molecule has 3 rings (SSSR count). The van der Waals surface area contributed by atoms with Crippen molar-refractivity contribution in [3.05, 3.63) is 36.0 Å². The molecule has 2 aromatic heterocycles. The molecule has 98 valence electrons. The Labute approximate surface area is 109 Å². The van der Waals surface area contributed by atoms with E-state index in [1.165, 1.54) is 0 Å². The normalized spacial score (nSPS) is 11.1. The third-order valence-electron chi connectivity index (χ3n) is 2.74. The Morgan fingerprint density at radius 1 is 1.42 bits per heavy atom. The molecule has 0 atom stereocenters. The highest BCUT2D eigenvalue weighted by atomic mass is 16.5. The van der Waals surface area contributed by atoms with Gasteiger partial charge in [0.25, 0.3) is 0 Å². The topological polar surface area (TPSA) is 92.0 Å². The Balaban J connectivity index is 1.93. The second-order valence-corrected chi connectivity index (χ2v) is 4.03. The van der Waals surface area contributed by atoms with Crippen molar-refractivity contribution in [3.8, 4) is 5.75 Å². The Kier molecular flexibility index (Phi) is 2.88. The van der Waals surface area contributed by atoms with Crippen LogP contribution in [0.25, 0.3) is 11.1 Å². The summed E-state index contributed by atoms with van der Waals surface area (Å²) in [5, 5.41) is 7.86. The zero-order chi connectivity index (χ0) is 13.2. The van der Waals surface area contributed by atoms with Crippen molar-refractivity contribution in [2.24, 2.45) is 5.73 Å². The van der Waals surface area contributed by atoms with Crippen molar-refractivity contribution in [2.75, 3.05) is 7.11 Å². The number of hydrogen-bond donors (Lipinski definition) is 1. The van der Waals surface area contributed by atoms with Gasteiger partial charge in [0.05, 0.1) is 19.0 Å². The van der Waals surface area contributed by atoms with E-state index in [0.717, 1.165) is 5.69 Å². The summed E-state index contributed by atoms with van der Waals surface area (Å²) >= 11 is 0. The highest BCUT2D eigenvalue weighted by Crippen LogP contribution is 2.25. The average molecular weight is 259 g/mol. The zero-order valence-electron chi connectivity index (χ0n) is 10.4. The molecule has 2 heterocycles. The van der Waals surface area contributed by atoms with Gasteiger partial charge in [-0.2, -0.15) is 0 Å². The van der Waals surface area contributed by atoms with E-state index in [9.17, 15) is 0 Å². The van der Waals surface area contributed by atoms with E-state index in [4.69, 9.17) is 14.9 Å². The fraction of sp³-hybridized carbons (Fsp3) is 0.250. The van der Waals surface area contributed by atoms with Gasteiger partial charge in [0, 0.05) is 6.54 Å². The van der Waals surface area contributed by atoms with E-state index in [1.54, 1.807) is 18.0 Å². The summed E-state index contributed by atoms with van der Waals surface area (Å²) in [6, 6.07) is 5.55. The average Bonchev–Trinajstić information content (AvgIpc) is 3.04. The molecular formula is C12H13N5O2. The lowest BCUT2D eigenvalue weighted by molar-refractivity contribution is 0.419. The van der Waals surface area contributed by atoms with Gasteiger partial charge >= 0.3 is 0 Å². The van der Waals surface area contributed by atoms with Crippen LogP contribution in [0, 0.1) is 0 Å². The van der Waals surface area contributed by atoms with Crippen LogP contribution in [-0.4, -0.2) is 27.1 Å². The lowest BCUT2D eigenvalue weighted by Gasteiger charge is -1.96. The minimum absolute atomic E-state index is 0.362. The molecule has 0 amide bonds. The van der Waals surface area contributed by atoms with Crippen LogP contribution in [0.1, 0.15) is 11.6 Å². The lowest BCUT2D eigenvalue weighted by Crippen LogP contribution is -2.00. The van der Waals surface area contributed by atoms with Gasteiger partial charge in [-0.15, -0.1) is 5.10 Å². The van der Waals surface area contributed by atoms with Gasteiger partial charge in [0.2, 0.25) is 5.89 Å². The summed E-state index contributed by atoms with van der Waals surface area (Å²) in [6.45, 7) is 0.770. The number of hydrogen-bond acceptors (Lipinski definition) is 6. The van der Waals surface area contributed by atoms with Crippen molar-refractivity contribution in [1.82, 2.24) is 20.0 Å². The van der Waals surface area contributed by atoms with E-state index < -0.39 is 0 Å². The van der Waals surface area contributed by atoms with E-state index in [-0.39, 0.29) is 0 Å². The number of rotatable bonds is 4. The third-order valence-corrected chi connectivity index (χ3v) is 2.74. The largest absolute Gasteiger partial charge is 0.494 e. The third kappa shape index (κ3) is 2.15. The maximum absolute atomic E-state index is 5.65. The number of ether oxygens (including phenoxy) is 1. The fourth-order valence-electron chi connectivity index (χ4n) is 1.85. The molecule has 0 unspecified atom stereocenters. The first-order valence-corrected chi connectivity index (χ1v) is 5.81. The molecule has 0 spiro atoms. The number of para-hydroxylation sites is 1. The maximum atomic E-state index is 5.65. The standard InChI is InChI=1S/C12H13N5O2/c1-18-9-3-2-4-10-12(9)14-11(19-10)7-17-6-8(5-13)15-16-17/h2-4,6H,5,7,13H2,1H3. The first kappa shape index (κ1) is 11.7. The molecule has 0 aliphatic heterocycles. The Bertz CT molecular complexity index is 703. The molecule has 0 radical (unpaired) electrons. The van der Waals surface area contributed by atoms with E-state index >= 15 is 0 Å². The smallest absolute Gasteiger partial charge is 0.217 e. The number of aromatic nitrogens is 4. The summed E-state index contributed by atoms with van der Waals surface area (Å²) in [7, 11) is 1.61. The van der Waals surface area contributed by atoms with Crippen LogP contribution >= 0.6 is 0 Å². The molecular weight excluding hydrogens is 246 g/mol. The highest BCUT2D eigenvalue weighted by molar-refractivity contribution is 5.79. The molecule has 0 aliphatic carbocycles. The van der Waals surface area contributed by atoms with Crippen LogP contribution in [0.15, 0.2) is 28.8 Å². The molecule has 2 N–H and O–H groups in total. The summed E-state index contributed by atoms with van der Waals surface area (Å²) in [5.74, 6) is 1.24. The predicted molar refractivity (Wildman–Crippen MR) is 67.6 cm³/mol. The molecule has 7 nitrogen and oxygen atoms in total.